The Morgan fingerprint density at radius 1 is 0.829 bits per heavy atom. The van der Waals surface area contributed by atoms with Crippen molar-refractivity contribution in [3.8, 4) is 11.8 Å². The number of aromatic nitrogens is 1. The van der Waals surface area contributed by atoms with Crippen LogP contribution in [0.4, 0.5) is 9.59 Å². The molecule has 8 nitrogen and oxygen atoms in total. The number of piperidine rings is 2. The van der Waals surface area contributed by atoms with Crippen LogP contribution in [0.1, 0.15) is 106 Å². The average molecular weight is 568 g/mol. The van der Waals surface area contributed by atoms with E-state index in [-0.39, 0.29) is 29.0 Å². The molecule has 2 amide bonds. The summed E-state index contributed by atoms with van der Waals surface area (Å²) >= 11 is 0. The molecule has 0 atom stereocenters. The van der Waals surface area contributed by atoms with Gasteiger partial charge in [0.1, 0.15) is 11.5 Å². The lowest BCUT2D eigenvalue weighted by molar-refractivity contribution is -0.131. The number of likely N-dealkylation sites (tertiary alicyclic amines) is 2. The smallest absolute Gasteiger partial charge is 0.410 e. The van der Waals surface area contributed by atoms with Crippen molar-refractivity contribution in [2.45, 2.75) is 124 Å². The van der Waals surface area contributed by atoms with E-state index < -0.39 is 11.1 Å². The molecule has 0 unspecified atom stereocenters. The van der Waals surface area contributed by atoms with Gasteiger partial charge in [-0.15, -0.1) is 0 Å². The highest BCUT2D eigenvalue weighted by molar-refractivity contribution is 5.84. The second-order valence-corrected chi connectivity index (χ2v) is 13.3. The maximum absolute atomic E-state index is 12.4. The normalized spacial score (nSPS) is 20.1. The molecule has 0 aromatic carbocycles. The number of pyridine rings is 1. The van der Waals surface area contributed by atoms with Crippen molar-refractivity contribution >= 4 is 18.0 Å². The molecule has 0 bridgehead atoms. The molecule has 41 heavy (non-hydrogen) atoms. The number of amides is 2. The highest BCUT2D eigenvalue weighted by Gasteiger charge is 2.48. The van der Waals surface area contributed by atoms with Crippen molar-refractivity contribution in [3.63, 3.8) is 0 Å². The fourth-order valence-corrected chi connectivity index (χ4v) is 6.45. The number of Topliss-reactive ketones (excluding diaryl/α,β-unsaturated/α-hetero) is 1. The Morgan fingerprint density at radius 2 is 1.27 bits per heavy atom. The summed E-state index contributed by atoms with van der Waals surface area (Å²) in [6.07, 6.45) is 3.77. The predicted molar refractivity (Wildman–Crippen MR) is 161 cm³/mol. The Kier molecular flexibility index (Phi) is 10.8. The zero-order chi connectivity index (χ0) is 31.2. The number of rotatable bonds is 2. The summed E-state index contributed by atoms with van der Waals surface area (Å²) in [6, 6.07) is 5.83. The Balaban J connectivity index is 0.000000317. The third-order valence-electron chi connectivity index (χ3n) is 7.27. The number of aryl methyl sites for hydroxylation is 1. The first kappa shape index (κ1) is 33.9. The molecule has 2 aliphatic heterocycles. The summed E-state index contributed by atoms with van der Waals surface area (Å²) < 4.78 is 10.3. The van der Waals surface area contributed by atoms with Crippen LogP contribution < -0.4 is 0 Å². The van der Waals surface area contributed by atoms with Gasteiger partial charge in [0.15, 0.2) is 0 Å². The van der Waals surface area contributed by atoms with Crippen LogP contribution in [0.3, 0.4) is 0 Å². The maximum atomic E-state index is 12.4. The van der Waals surface area contributed by atoms with E-state index in [1.165, 1.54) is 5.57 Å². The van der Waals surface area contributed by atoms with Crippen LogP contribution in [0, 0.1) is 18.8 Å². The fourth-order valence-electron chi connectivity index (χ4n) is 6.45. The number of allylic oxidation sites excluding steroid dienone is 1. The number of hydrogen-bond donors (Lipinski definition) is 0. The number of carbonyl (C=O) groups excluding carboxylic acids is 3. The van der Waals surface area contributed by atoms with Gasteiger partial charge in [-0.3, -0.25) is 14.6 Å². The number of nitrogens with zero attached hydrogens (tertiary/aromatic N) is 3. The standard InChI is InChI=1S/C21H28N2O2.C12H21NO3/c1-7-25-19(24)23-20(3,4)14-17(15-21(23,5)6)11-9-13-18-12-8-10-16(2)22-18;1-6-16-10(15)13-11(2,3)7-9(14)8-12(13,4)5/h8,10-12H,7,14-15H2,1-6H3;6-8H2,1-5H3. The van der Waals surface area contributed by atoms with Crippen molar-refractivity contribution in [1.82, 2.24) is 14.8 Å². The monoisotopic (exact) mass is 567 g/mol. The van der Waals surface area contributed by atoms with Gasteiger partial charge < -0.3 is 9.47 Å². The summed E-state index contributed by atoms with van der Waals surface area (Å²) in [5, 5.41) is 0. The van der Waals surface area contributed by atoms with E-state index in [2.05, 4.69) is 44.5 Å². The quantitative estimate of drug-likeness (QED) is 0.364. The van der Waals surface area contributed by atoms with Gasteiger partial charge in [-0.1, -0.05) is 17.6 Å². The first-order valence-electron chi connectivity index (χ1n) is 14.5. The number of carbonyl (C=O) groups is 3. The summed E-state index contributed by atoms with van der Waals surface area (Å²) in [6.45, 7) is 22.3. The van der Waals surface area contributed by atoms with E-state index in [9.17, 15) is 14.4 Å². The van der Waals surface area contributed by atoms with Crippen molar-refractivity contribution in [1.29, 1.82) is 0 Å². The molecule has 1 aromatic rings. The lowest BCUT2D eigenvalue weighted by atomic mass is 9.77. The largest absolute Gasteiger partial charge is 0.450 e. The minimum absolute atomic E-state index is 0.204. The van der Waals surface area contributed by atoms with Gasteiger partial charge in [0.2, 0.25) is 0 Å². The van der Waals surface area contributed by atoms with E-state index >= 15 is 0 Å². The lowest BCUT2D eigenvalue weighted by Crippen LogP contribution is -2.63. The van der Waals surface area contributed by atoms with Crippen LogP contribution in [0.2, 0.25) is 0 Å². The first-order valence-corrected chi connectivity index (χ1v) is 14.5. The molecule has 2 fully saturated rings. The van der Waals surface area contributed by atoms with Crippen molar-refractivity contribution in [2.24, 2.45) is 0 Å². The summed E-state index contributed by atoms with van der Waals surface area (Å²) in [4.78, 5) is 44.0. The van der Waals surface area contributed by atoms with Gasteiger partial charge in [-0.25, -0.2) is 14.6 Å². The van der Waals surface area contributed by atoms with Gasteiger partial charge >= 0.3 is 12.2 Å². The minimum atomic E-state index is -0.467. The maximum Gasteiger partial charge on any atom is 0.410 e. The zero-order valence-electron chi connectivity index (χ0n) is 26.9. The fraction of sp³-hybridized carbons (Fsp3) is 0.636. The van der Waals surface area contributed by atoms with Gasteiger partial charge in [0.05, 0.1) is 13.2 Å². The Labute approximate surface area is 246 Å². The number of ketones is 1. The van der Waals surface area contributed by atoms with E-state index in [1.807, 2.05) is 70.7 Å². The van der Waals surface area contributed by atoms with Crippen molar-refractivity contribution < 1.29 is 23.9 Å². The van der Waals surface area contributed by atoms with Crippen LogP contribution in [0.5, 0.6) is 0 Å². The Morgan fingerprint density at radius 3 is 1.68 bits per heavy atom. The van der Waals surface area contributed by atoms with Gasteiger partial charge in [0.25, 0.3) is 0 Å². The summed E-state index contributed by atoms with van der Waals surface area (Å²) in [7, 11) is 0. The molecule has 0 aliphatic carbocycles. The molecule has 0 N–H and O–H groups in total. The second kappa shape index (κ2) is 13.1. The molecular weight excluding hydrogens is 518 g/mol. The van der Waals surface area contributed by atoms with Crippen LogP contribution in [-0.2, 0) is 14.3 Å². The molecule has 8 heteroatoms. The number of hydrogen-bond acceptors (Lipinski definition) is 6. The highest BCUT2D eigenvalue weighted by Crippen LogP contribution is 2.41. The van der Waals surface area contributed by atoms with Crippen LogP contribution in [0.25, 0.3) is 0 Å². The Hall–Kier alpha value is -3.34. The molecule has 3 rings (SSSR count). The lowest BCUT2D eigenvalue weighted by Gasteiger charge is -2.52. The molecule has 2 aliphatic rings. The second-order valence-electron chi connectivity index (χ2n) is 13.3. The van der Waals surface area contributed by atoms with Gasteiger partial charge in [0, 0.05) is 40.7 Å². The van der Waals surface area contributed by atoms with Crippen LogP contribution >= 0.6 is 0 Å². The average Bonchev–Trinajstić information content (AvgIpc) is 2.76. The Bertz CT molecular complexity index is 1180. The SMILES string of the molecule is CCOC(=O)N1C(C)(C)CC(=CC#Cc2cccc(C)n2)CC1(C)C.CCOC(=O)N1C(C)(C)CC(=O)CC1(C)C. The third-order valence-corrected chi connectivity index (χ3v) is 7.27. The van der Waals surface area contributed by atoms with Gasteiger partial charge in [-0.05, 0) is 113 Å². The molecule has 2 saturated heterocycles. The van der Waals surface area contributed by atoms with Crippen LogP contribution in [-0.4, -0.2) is 68.1 Å². The summed E-state index contributed by atoms with van der Waals surface area (Å²) in [5.74, 6) is 6.44. The molecule has 1 aromatic heterocycles. The van der Waals surface area contributed by atoms with Crippen molar-refractivity contribution in [3.05, 3.63) is 41.2 Å². The molecular formula is C33H49N3O5. The molecule has 0 saturated carbocycles. The van der Waals surface area contributed by atoms with Gasteiger partial charge in [-0.2, -0.15) is 0 Å². The predicted octanol–water partition coefficient (Wildman–Crippen LogP) is 6.84. The highest BCUT2D eigenvalue weighted by atomic mass is 16.6. The van der Waals surface area contributed by atoms with Crippen molar-refractivity contribution in [2.75, 3.05) is 13.2 Å². The summed E-state index contributed by atoms with van der Waals surface area (Å²) in [5.41, 5.74) is 1.42. The minimum Gasteiger partial charge on any atom is -0.450 e. The molecule has 226 valence electrons. The molecule has 0 spiro atoms. The topological polar surface area (TPSA) is 89.0 Å². The van der Waals surface area contributed by atoms with E-state index in [0.29, 0.717) is 26.1 Å². The number of ether oxygens (including phenoxy) is 2. The molecule has 3 heterocycles. The van der Waals surface area contributed by atoms with E-state index in [1.54, 1.807) is 11.8 Å². The zero-order valence-corrected chi connectivity index (χ0v) is 26.9. The first-order chi connectivity index (χ1) is 18.9. The molecule has 0 radical (unpaired) electrons. The van der Waals surface area contributed by atoms with E-state index in [4.69, 9.17) is 9.47 Å². The third kappa shape index (κ3) is 8.82. The van der Waals surface area contributed by atoms with E-state index in [0.717, 1.165) is 24.2 Å². The van der Waals surface area contributed by atoms with Crippen LogP contribution in [0.15, 0.2) is 29.8 Å².